The van der Waals surface area contributed by atoms with Crippen molar-refractivity contribution in [3.63, 3.8) is 0 Å². The molecule has 1 aromatic heterocycles. The van der Waals surface area contributed by atoms with E-state index in [1.165, 1.54) is 10.4 Å². The monoisotopic (exact) mass is 372 g/mol. The molecule has 0 radical (unpaired) electrons. The van der Waals surface area contributed by atoms with Gasteiger partial charge in [0, 0.05) is 4.88 Å². The molecule has 2 rings (SSSR count). The molecule has 1 atom stereocenters. The lowest BCUT2D eigenvalue weighted by Crippen LogP contribution is -1.98. The van der Waals surface area contributed by atoms with E-state index >= 15 is 0 Å². The molecule has 0 spiro atoms. The molecule has 1 heterocycles. The van der Waals surface area contributed by atoms with E-state index in [4.69, 9.17) is 16.3 Å². The van der Waals surface area contributed by atoms with Crippen LogP contribution in [0.4, 0.5) is 0 Å². The summed E-state index contributed by atoms with van der Waals surface area (Å²) in [7, 11) is 0. The van der Waals surface area contributed by atoms with Crippen LogP contribution in [0.1, 0.15) is 41.6 Å². The van der Waals surface area contributed by atoms with Crippen molar-refractivity contribution < 1.29 is 4.74 Å². The summed E-state index contributed by atoms with van der Waals surface area (Å²) < 4.78 is 6.63. The number of thiophene rings is 1. The fraction of sp³-hybridized carbons (Fsp3) is 0.375. The van der Waals surface area contributed by atoms with Crippen molar-refractivity contribution in [2.24, 2.45) is 0 Å². The van der Waals surface area contributed by atoms with Crippen molar-refractivity contribution in [1.82, 2.24) is 0 Å². The van der Waals surface area contributed by atoms with Gasteiger partial charge in [-0.15, -0.1) is 22.9 Å². The Morgan fingerprint density at radius 1 is 1.30 bits per heavy atom. The first-order chi connectivity index (χ1) is 9.67. The third-order valence-corrected chi connectivity index (χ3v) is 5.35. The Hall–Kier alpha value is -0.510. The Balaban J connectivity index is 2.23. The van der Waals surface area contributed by atoms with Gasteiger partial charge in [-0.2, -0.15) is 0 Å². The van der Waals surface area contributed by atoms with Gasteiger partial charge in [0.05, 0.1) is 16.5 Å². The lowest BCUT2D eigenvalue weighted by atomic mass is 10.1. The summed E-state index contributed by atoms with van der Waals surface area (Å²) in [6.45, 7) is 4.99. The van der Waals surface area contributed by atoms with E-state index < -0.39 is 0 Å². The first-order valence-electron chi connectivity index (χ1n) is 6.79. The summed E-state index contributed by atoms with van der Waals surface area (Å²) in [5, 5.41) is 2.01. The topological polar surface area (TPSA) is 9.23 Å². The molecule has 0 aliphatic carbocycles. The maximum absolute atomic E-state index is 6.63. The van der Waals surface area contributed by atoms with Gasteiger partial charge >= 0.3 is 0 Å². The molecule has 1 nitrogen and oxygen atoms in total. The van der Waals surface area contributed by atoms with E-state index in [0.29, 0.717) is 0 Å². The number of ether oxygens (including phenoxy) is 1. The molecule has 0 aliphatic rings. The zero-order chi connectivity index (χ0) is 14.5. The first kappa shape index (κ1) is 15.9. The minimum atomic E-state index is -0.0959. The Bertz CT molecular complexity index is 567. The second kappa shape index (κ2) is 7.48. The number of alkyl halides is 1. The second-order valence-electron chi connectivity index (χ2n) is 4.56. The Labute approximate surface area is 138 Å². The average Bonchev–Trinajstić information content (AvgIpc) is 2.93. The van der Waals surface area contributed by atoms with E-state index in [0.717, 1.165) is 35.2 Å². The summed E-state index contributed by atoms with van der Waals surface area (Å²) in [6, 6.07) is 8.25. The Kier molecular flexibility index (Phi) is 5.94. The van der Waals surface area contributed by atoms with Crippen LogP contribution in [0.3, 0.4) is 0 Å². The van der Waals surface area contributed by atoms with Gasteiger partial charge in [0.15, 0.2) is 0 Å². The summed E-state index contributed by atoms with van der Waals surface area (Å²) in [4.78, 5) is 1.24. The largest absolute Gasteiger partial charge is 0.492 e. The lowest BCUT2D eigenvalue weighted by molar-refractivity contribution is 0.315. The Morgan fingerprint density at radius 3 is 2.75 bits per heavy atom. The molecule has 1 unspecified atom stereocenters. The SMILES string of the molecule is CCCOc1ccc(C(Cl)c2sccc2CC)cc1Br. The van der Waals surface area contributed by atoms with Gasteiger partial charge in [0.1, 0.15) is 5.75 Å². The number of rotatable bonds is 6. The van der Waals surface area contributed by atoms with Crippen molar-refractivity contribution in [3.05, 3.63) is 50.1 Å². The third kappa shape index (κ3) is 3.57. The van der Waals surface area contributed by atoms with Crippen LogP contribution in [-0.4, -0.2) is 6.61 Å². The van der Waals surface area contributed by atoms with Crippen LogP contribution in [0.5, 0.6) is 5.75 Å². The minimum absolute atomic E-state index is 0.0959. The second-order valence-corrected chi connectivity index (χ2v) is 6.80. The van der Waals surface area contributed by atoms with Crippen LogP contribution < -0.4 is 4.74 Å². The Morgan fingerprint density at radius 2 is 2.10 bits per heavy atom. The lowest BCUT2D eigenvalue weighted by Gasteiger charge is -2.13. The number of aryl methyl sites for hydroxylation is 1. The zero-order valence-electron chi connectivity index (χ0n) is 11.7. The molecule has 4 heteroatoms. The van der Waals surface area contributed by atoms with E-state index in [2.05, 4.69) is 47.3 Å². The van der Waals surface area contributed by atoms with Gasteiger partial charge in [-0.25, -0.2) is 0 Å². The van der Waals surface area contributed by atoms with E-state index in [1.54, 1.807) is 11.3 Å². The molecule has 0 saturated carbocycles. The van der Waals surface area contributed by atoms with Crippen molar-refractivity contribution in [2.45, 2.75) is 32.1 Å². The van der Waals surface area contributed by atoms with Crippen LogP contribution in [0.25, 0.3) is 0 Å². The molecule has 0 aliphatic heterocycles. The molecular formula is C16H18BrClOS. The molecular weight excluding hydrogens is 356 g/mol. The number of benzene rings is 1. The summed E-state index contributed by atoms with van der Waals surface area (Å²) in [6.07, 6.45) is 2.02. The highest BCUT2D eigenvalue weighted by atomic mass is 79.9. The molecule has 0 saturated heterocycles. The van der Waals surface area contributed by atoms with Gasteiger partial charge in [-0.1, -0.05) is 19.9 Å². The normalized spacial score (nSPS) is 12.4. The summed E-state index contributed by atoms with van der Waals surface area (Å²) in [5.74, 6) is 0.876. The quantitative estimate of drug-likeness (QED) is 0.548. The summed E-state index contributed by atoms with van der Waals surface area (Å²) in [5.41, 5.74) is 2.43. The van der Waals surface area contributed by atoms with Crippen molar-refractivity contribution in [1.29, 1.82) is 0 Å². The highest BCUT2D eigenvalue weighted by Gasteiger charge is 2.17. The standard InChI is InChI=1S/C16H18BrClOS/c1-3-8-19-14-6-5-12(10-13(14)17)15(18)16-11(4-2)7-9-20-16/h5-7,9-10,15H,3-4,8H2,1-2H3. The number of halogens is 2. The first-order valence-corrected chi connectivity index (χ1v) is 8.90. The molecule has 20 heavy (non-hydrogen) atoms. The fourth-order valence-electron chi connectivity index (χ4n) is 2.02. The van der Waals surface area contributed by atoms with Gasteiger partial charge in [0.25, 0.3) is 0 Å². The van der Waals surface area contributed by atoms with Crippen LogP contribution >= 0.6 is 38.9 Å². The zero-order valence-corrected chi connectivity index (χ0v) is 14.8. The maximum atomic E-state index is 6.63. The molecule has 0 bridgehead atoms. The fourth-order valence-corrected chi connectivity index (χ4v) is 3.96. The molecule has 0 N–H and O–H groups in total. The predicted molar refractivity (Wildman–Crippen MR) is 91.3 cm³/mol. The van der Waals surface area contributed by atoms with Crippen molar-refractivity contribution in [2.75, 3.05) is 6.61 Å². The van der Waals surface area contributed by atoms with Crippen LogP contribution in [0, 0.1) is 0 Å². The molecule has 1 aromatic carbocycles. The average molecular weight is 374 g/mol. The van der Waals surface area contributed by atoms with Crippen molar-refractivity contribution >= 4 is 38.9 Å². The highest BCUT2D eigenvalue weighted by Crippen LogP contribution is 2.38. The number of hydrogen-bond donors (Lipinski definition) is 0. The van der Waals surface area contributed by atoms with Gasteiger partial charge in [0.2, 0.25) is 0 Å². The predicted octanol–water partition coefficient (Wildman–Crippen LogP) is 6.19. The molecule has 2 aromatic rings. The van der Waals surface area contributed by atoms with Gasteiger partial charge in [-0.3, -0.25) is 0 Å². The summed E-state index contributed by atoms with van der Waals surface area (Å²) >= 11 is 11.9. The minimum Gasteiger partial charge on any atom is -0.492 e. The highest BCUT2D eigenvalue weighted by molar-refractivity contribution is 9.10. The van der Waals surface area contributed by atoms with Crippen LogP contribution in [0.2, 0.25) is 0 Å². The molecule has 0 fully saturated rings. The number of hydrogen-bond acceptors (Lipinski definition) is 2. The smallest absolute Gasteiger partial charge is 0.133 e. The third-order valence-electron chi connectivity index (χ3n) is 3.10. The van der Waals surface area contributed by atoms with E-state index in [-0.39, 0.29) is 5.38 Å². The molecule has 0 amide bonds. The van der Waals surface area contributed by atoms with E-state index in [9.17, 15) is 0 Å². The van der Waals surface area contributed by atoms with Crippen LogP contribution in [0.15, 0.2) is 34.1 Å². The molecule has 108 valence electrons. The maximum Gasteiger partial charge on any atom is 0.133 e. The van der Waals surface area contributed by atoms with Crippen molar-refractivity contribution in [3.8, 4) is 5.75 Å². The van der Waals surface area contributed by atoms with Gasteiger partial charge in [-0.05, 0) is 63.5 Å². The van der Waals surface area contributed by atoms with Gasteiger partial charge < -0.3 is 4.74 Å². The van der Waals surface area contributed by atoms with E-state index in [1.807, 2.05) is 12.1 Å². The van der Waals surface area contributed by atoms with Crippen LogP contribution in [-0.2, 0) is 6.42 Å².